The number of ether oxygens (including phenoxy) is 1. The second kappa shape index (κ2) is 9.61. The van der Waals surface area contributed by atoms with Gasteiger partial charge in [-0.25, -0.2) is 0 Å². The molecule has 5 nitrogen and oxygen atoms in total. The third-order valence-corrected chi connectivity index (χ3v) is 8.03. The van der Waals surface area contributed by atoms with Crippen molar-refractivity contribution in [2.24, 2.45) is 0 Å². The van der Waals surface area contributed by atoms with Gasteiger partial charge in [0.05, 0.1) is 10.6 Å². The van der Waals surface area contributed by atoms with E-state index in [0.29, 0.717) is 22.5 Å². The molecule has 31 heavy (non-hydrogen) atoms. The molecule has 0 amide bonds. The monoisotopic (exact) mass is 520 g/mol. The van der Waals surface area contributed by atoms with Gasteiger partial charge in [-0.05, 0) is 94.9 Å². The number of fused-ring (bicyclic) bond motifs is 1. The molecule has 1 aliphatic heterocycles. The fourth-order valence-electron chi connectivity index (χ4n) is 3.49. The van der Waals surface area contributed by atoms with Crippen molar-refractivity contribution in [1.29, 1.82) is 0 Å². The summed E-state index contributed by atoms with van der Waals surface area (Å²) >= 11 is 9.86. The van der Waals surface area contributed by atoms with E-state index in [1.807, 2.05) is 42.5 Å². The predicted octanol–water partition coefficient (Wildman–Crippen LogP) is 5.07. The Morgan fingerprint density at radius 3 is 2.29 bits per heavy atom. The van der Waals surface area contributed by atoms with Crippen LogP contribution in [-0.2, 0) is 29.5 Å². The van der Waals surface area contributed by atoms with E-state index in [9.17, 15) is 8.42 Å². The van der Waals surface area contributed by atoms with Crippen LogP contribution in [0.1, 0.15) is 16.7 Å². The lowest BCUT2D eigenvalue weighted by Crippen LogP contribution is -2.22. The van der Waals surface area contributed by atoms with Gasteiger partial charge in [0.1, 0.15) is 12.4 Å². The van der Waals surface area contributed by atoms with Crippen molar-refractivity contribution in [2.75, 3.05) is 16.9 Å². The number of sulfonamides is 1. The zero-order valence-electron chi connectivity index (χ0n) is 16.7. The van der Waals surface area contributed by atoms with Crippen LogP contribution in [0, 0.1) is 0 Å². The minimum atomic E-state index is -3.94. The Hall–Kier alpha value is -2.06. The number of rotatable bonds is 6. The van der Waals surface area contributed by atoms with Crippen LogP contribution in [0.5, 0.6) is 5.75 Å². The molecule has 0 saturated carbocycles. The van der Waals surface area contributed by atoms with Crippen molar-refractivity contribution in [3.8, 4) is 5.75 Å². The van der Waals surface area contributed by atoms with E-state index in [2.05, 4.69) is 21.2 Å². The van der Waals surface area contributed by atoms with Gasteiger partial charge in [-0.2, -0.15) is 12.2 Å². The zero-order chi connectivity index (χ0) is 21.8. The average molecular weight is 522 g/mol. The number of halogens is 2. The number of hydrogen-bond donors (Lipinski definition) is 1. The maximum absolute atomic E-state index is 13.1. The molecular weight excluding hydrogens is 500 g/mol. The molecule has 1 heterocycles. The molecule has 3 aromatic carbocycles. The van der Waals surface area contributed by atoms with E-state index in [0.717, 1.165) is 40.9 Å². The van der Waals surface area contributed by atoms with E-state index in [1.165, 1.54) is 17.7 Å². The Balaban J connectivity index is 1.53. The van der Waals surface area contributed by atoms with Crippen LogP contribution in [-0.4, -0.2) is 21.5 Å². The average Bonchev–Trinajstić information content (AvgIpc) is 3.02. The third kappa shape index (κ3) is 5.06. The summed E-state index contributed by atoms with van der Waals surface area (Å²) in [6.45, 7) is 2.17. The molecule has 3 aromatic rings. The van der Waals surface area contributed by atoms with Crippen molar-refractivity contribution in [1.82, 2.24) is 5.32 Å². The second-order valence-corrected chi connectivity index (χ2v) is 10.5. The standard InChI is InChI=1S/C23H22BrClN2O3S/c24-22-14-18-10-12-26-13-11-19(18)15-23(22)27(25)31(28,29)21-8-6-20(7-9-21)30-16-17-4-2-1-3-5-17/h1-9,14-15,26H,10-13,16H2. The van der Waals surface area contributed by atoms with Crippen molar-refractivity contribution in [3.05, 3.63) is 87.9 Å². The summed E-state index contributed by atoms with van der Waals surface area (Å²) in [6.07, 6.45) is 1.72. The molecule has 0 bridgehead atoms. The normalized spacial score (nSPS) is 13.9. The number of nitrogens with zero attached hydrogens (tertiary/aromatic N) is 1. The van der Waals surface area contributed by atoms with Gasteiger partial charge in [-0.3, -0.25) is 0 Å². The van der Waals surface area contributed by atoms with E-state index < -0.39 is 10.0 Å². The number of hydrogen-bond acceptors (Lipinski definition) is 4. The molecule has 0 atom stereocenters. The summed E-state index contributed by atoms with van der Waals surface area (Å²) in [5, 5.41) is 3.35. The summed E-state index contributed by atoms with van der Waals surface area (Å²) in [5.74, 6) is 0.586. The Bertz CT molecular complexity index is 1160. The summed E-state index contributed by atoms with van der Waals surface area (Å²) in [7, 11) is -3.94. The van der Waals surface area contributed by atoms with E-state index in [-0.39, 0.29) is 4.90 Å². The van der Waals surface area contributed by atoms with E-state index >= 15 is 0 Å². The number of anilines is 1. The first kappa shape index (κ1) is 22.1. The lowest BCUT2D eigenvalue weighted by Gasteiger charge is -2.20. The van der Waals surface area contributed by atoms with Crippen LogP contribution < -0.4 is 13.9 Å². The van der Waals surface area contributed by atoms with Crippen LogP contribution in [0.3, 0.4) is 0 Å². The van der Waals surface area contributed by atoms with Gasteiger partial charge < -0.3 is 10.1 Å². The lowest BCUT2D eigenvalue weighted by molar-refractivity contribution is 0.306. The quantitative estimate of drug-likeness (QED) is 0.461. The number of nitrogens with one attached hydrogen (secondary N) is 1. The van der Waals surface area contributed by atoms with E-state index in [1.54, 1.807) is 12.1 Å². The smallest absolute Gasteiger partial charge is 0.278 e. The van der Waals surface area contributed by atoms with Crippen LogP contribution >= 0.6 is 27.7 Å². The van der Waals surface area contributed by atoms with Crippen molar-refractivity contribution in [2.45, 2.75) is 24.3 Å². The molecule has 0 spiro atoms. The highest BCUT2D eigenvalue weighted by Crippen LogP contribution is 2.36. The molecule has 1 N–H and O–H groups in total. The first-order valence-electron chi connectivity index (χ1n) is 9.95. The molecule has 0 fully saturated rings. The summed E-state index contributed by atoms with van der Waals surface area (Å²) in [6, 6.07) is 19.9. The molecule has 4 rings (SSSR count). The maximum Gasteiger partial charge on any atom is 0.278 e. The minimum absolute atomic E-state index is 0.0954. The first-order valence-corrected chi connectivity index (χ1v) is 12.5. The highest BCUT2D eigenvalue weighted by atomic mass is 79.9. The molecule has 0 radical (unpaired) electrons. The molecule has 1 aliphatic rings. The van der Waals surface area contributed by atoms with Gasteiger partial charge in [-0.15, -0.1) is 0 Å². The highest BCUT2D eigenvalue weighted by Gasteiger charge is 2.26. The van der Waals surface area contributed by atoms with Crippen LogP contribution in [0.2, 0.25) is 0 Å². The summed E-state index contributed by atoms with van der Waals surface area (Å²) in [4.78, 5) is 0.0954. The number of benzene rings is 3. The Morgan fingerprint density at radius 1 is 0.968 bits per heavy atom. The summed E-state index contributed by atoms with van der Waals surface area (Å²) < 4.78 is 33.5. The van der Waals surface area contributed by atoms with Crippen LogP contribution in [0.15, 0.2) is 76.1 Å². The van der Waals surface area contributed by atoms with Gasteiger partial charge in [0.2, 0.25) is 0 Å². The Kier molecular flexibility index (Phi) is 6.86. The molecule has 0 saturated heterocycles. The molecule has 162 valence electrons. The predicted molar refractivity (Wildman–Crippen MR) is 127 cm³/mol. The fraction of sp³-hybridized carbons (Fsp3) is 0.217. The summed E-state index contributed by atoms with van der Waals surface area (Å²) in [5.41, 5.74) is 3.75. The topological polar surface area (TPSA) is 58.6 Å². The lowest BCUT2D eigenvalue weighted by atomic mass is 10.0. The van der Waals surface area contributed by atoms with Gasteiger partial charge in [0.25, 0.3) is 10.0 Å². The molecule has 0 unspecified atom stereocenters. The largest absolute Gasteiger partial charge is 0.489 e. The highest BCUT2D eigenvalue weighted by molar-refractivity contribution is 9.10. The maximum atomic E-state index is 13.1. The van der Waals surface area contributed by atoms with Crippen molar-refractivity contribution < 1.29 is 13.2 Å². The van der Waals surface area contributed by atoms with E-state index in [4.69, 9.17) is 16.5 Å². The van der Waals surface area contributed by atoms with Gasteiger partial charge in [-0.1, -0.05) is 30.3 Å². The van der Waals surface area contributed by atoms with Crippen molar-refractivity contribution in [3.63, 3.8) is 0 Å². The van der Waals surface area contributed by atoms with Gasteiger partial charge in [0.15, 0.2) is 0 Å². The fourth-order valence-corrected chi connectivity index (χ4v) is 5.73. The second-order valence-electron chi connectivity index (χ2n) is 7.29. The van der Waals surface area contributed by atoms with Gasteiger partial charge >= 0.3 is 0 Å². The first-order chi connectivity index (χ1) is 14.9. The minimum Gasteiger partial charge on any atom is -0.489 e. The third-order valence-electron chi connectivity index (χ3n) is 5.18. The molecule has 0 aromatic heterocycles. The Labute approximate surface area is 196 Å². The van der Waals surface area contributed by atoms with Crippen LogP contribution in [0.25, 0.3) is 0 Å². The molecular formula is C23H22BrClN2O3S. The zero-order valence-corrected chi connectivity index (χ0v) is 19.9. The van der Waals surface area contributed by atoms with Gasteiger partial charge in [0, 0.05) is 16.2 Å². The SMILES string of the molecule is O=S(=O)(c1ccc(OCc2ccccc2)cc1)N(Cl)c1cc2c(cc1Br)CCNCC2. The van der Waals surface area contributed by atoms with Crippen LogP contribution in [0.4, 0.5) is 5.69 Å². The Morgan fingerprint density at radius 2 is 1.61 bits per heavy atom. The molecule has 8 heteroatoms. The molecule has 0 aliphatic carbocycles. The van der Waals surface area contributed by atoms with Crippen molar-refractivity contribution >= 4 is 43.4 Å².